The molecule has 0 spiro atoms. The van der Waals surface area contributed by atoms with E-state index in [4.69, 9.17) is 9.47 Å². The Balaban J connectivity index is 1.64. The molecule has 1 aliphatic heterocycles. The van der Waals surface area contributed by atoms with Gasteiger partial charge in [-0.1, -0.05) is 19.1 Å². The molecule has 0 saturated heterocycles. The molecule has 2 aromatic carbocycles. The predicted octanol–water partition coefficient (Wildman–Crippen LogP) is 5.42. The van der Waals surface area contributed by atoms with Gasteiger partial charge in [-0.3, -0.25) is 9.89 Å². The Bertz CT molecular complexity index is 1220. The maximum atomic E-state index is 13.4. The molecule has 0 saturated carbocycles. The third-order valence-electron chi connectivity index (χ3n) is 5.38. The van der Waals surface area contributed by atoms with Gasteiger partial charge in [-0.2, -0.15) is 18.3 Å². The second-order valence-electron chi connectivity index (χ2n) is 7.79. The molecule has 1 unspecified atom stereocenters. The zero-order chi connectivity index (χ0) is 24.3. The lowest BCUT2D eigenvalue weighted by molar-refractivity contribution is -0.138. The van der Waals surface area contributed by atoms with Gasteiger partial charge in [-0.15, -0.1) is 0 Å². The molecule has 0 aliphatic carbocycles. The highest BCUT2D eigenvalue weighted by atomic mass is 19.4. The number of carbonyl (C=O) groups is 1. The summed E-state index contributed by atoms with van der Waals surface area (Å²) < 4.78 is 64.9. The number of ether oxygens (including phenoxy) is 2. The monoisotopic (exact) mass is 475 g/mol. The lowest BCUT2D eigenvalue weighted by Gasteiger charge is -2.19. The fourth-order valence-electron chi connectivity index (χ4n) is 3.74. The van der Waals surface area contributed by atoms with Crippen molar-refractivity contribution in [3.05, 3.63) is 76.4 Å². The van der Waals surface area contributed by atoms with E-state index in [0.717, 1.165) is 23.3 Å². The van der Waals surface area contributed by atoms with E-state index in [-0.39, 0.29) is 29.6 Å². The highest BCUT2D eigenvalue weighted by Gasteiger charge is 2.34. The first-order valence-electron chi connectivity index (χ1n) is 10.6. The first-order chi connectivity index (χ1) is 16.3. The average molecular weight is 475 g/mol. The quantitative estimate of drug-likeness (QED) is 0.463. The maximum Gasteiger partial charge on any atom is 0.416 e. The van der Waals surface area contributed by atoms with E-state index in [9.17, 15) is 22.4 Å². The number of rotatable bonds is 7. The number of hydrogen-bond acceptors (Lipinski definition) is 4. The number of halogens is 4. The topological polar surface area (TPSA) is 76.6 Å². The number of aromatic nitrogens is 2. The minimum atomic E-state index is -4.72. The summed E-state index contributed by atoms with van der Waals surface area (Å²) in [5, 5.41) is 6.84. The van der Waals surface area contributed by atoms with Gasteiger partial charge in [-0.25, -0.2) is 9.38 Å². The van der Waals surface area contributed by atoms with E-state index in [0.29, 0.717) is 30.5 Å². The highest BCUT2D eigenvalue weighted by Crippen LogP contribution is 2.38. The Morgan fingerprint density at radius 2 is 1.94 bits per heavy atom. The third-order valence-corrected chi connectivity index (χ3v) is 5.38. The normalized spacial score (nSPS) is 15.7. The van der Waals surface area contributed by atoms with Crippen molar-refractivity contribution in [2.75, 3.05) is 6.61 Å². The number of aliphatic imine (C=N–C) groups is 1. The van der Waals surface area contributed by atoms with Crippen LogP contribution in [0.25, 0.3) is 0 Å². The van der Waals surface area contributed by atoms with E-state index in [2.05, 4.69) is 15.2 Å². The molecule has 4 rings (SSSR count). The number of amides is 1. The number of alkyl halides is 3. The van der Waals surface area contributed by atoms with E-state index in [1.54, 1.807) is 24.4 Å². The predicted molar refractivity (Wildman–Crippen MR) is 116 cm³/mol. The summed E-state index contributed by atoms with van der Waals surface area (Å²) in [5.41, 5.74) is 0.880. The molecule has 178 valence electrons. The van der Waals surface area contributed by atoms with Crippen molar-refractivity contribution in [3.8, 4) is 11.5 Å². The Morgan fingerprint density at radius 3 is 2.71 bits per heavy atom. The van der Waals surface area contributed by atoms with Crippen LogP contribution in [0.5, 0.6) is 11.5 Å². The van der Waals surface area contributed by atoms with Gasteiger partial charge < -0.3 is 9.47 Å². The highest BCUT2D eigenvalue weighted by molar-refractivity contribution is 5.94. The van der Waals surface area contributed by atoms with Gasteiger partial charge in [0.25, 0.3) is 0 Å². The van der Waals surface area contributed by atoms with Crippen molar-refractivity contribution in [1.82, 2.24) is 10.2 Å². The van der Waals surface area contributed by atoms with Crippen LogP contribution in [0.2, 0.25) is 0 Å². The fourth-order valence-corrected chi connectivity index (χ4v) is 3.74. The van der Waals surface area contributed by atoms with Gasteiger partial charge in [0.15, 0.2) is 11.5 Å². The van der Waals surface area contributed by atoms with Crippen molar-refractivity contribution in [3.63, 3.8) is 0 Å². The summed E-state index contributed by atoms with van der Waals surface area (Å²) in [6, 6.07) is 7.48. The molecule has 34 heavy (non-hydrogen) atoms. The molecule has 3 aromatic rings. The van der Waals surface area contributed by atoms with Crippen LogP contribution in [0.1, 0.15) is 53.6 Å². The molecular weight excluding hydrogens is 454 g/mol. The molecule has 1 N–H and O–H groups in total. The molecule has 6 nitrogen and oxygen atoms in total. The third kappa shape index (κ3) is 5.11. The van der Waals surface area contributed by atoms with E-state index >= 15 is 0 Å². The summed E-state index contributed by atoms with van der Waals surface area (Å²) in [6.45, 7) is 1.84. The van der Waals surface area contributed by atoms with Crippen molar-refractivity contribution < 1.29 is 31.8 Å². The Hall–Kier alpha value is -3.69. The second kappa shape index (κ2) is 9.66. The van der Waals surface area contributed by atoms with Crippen LogP contribution < -0.4 is 9.47 Å². The van der Waals surface area contributed by atoms with Crippen LogP contribution in [0.15, 0.2) is 47.6 Å². The summed E-state index contributed by atoms with van der Waals surface area (Å²) in [7, 11) is 0. The van der Waals surface area contributed by atoms with Crippen molar-refractivity contribution in [2.24, 2.45) is 4.99 Å². The molecule has 0 radical (unpaired) electrons. The van der Waals surface area contributed by atoms with Crippen LogP contribution in [-0.2, 0) is 17.6 Å². The number of fused-ring (bicyclic) bond motifs is 1. The van der Waals surface area contributed by atoms with Gasteiger partial charge in [0.1, 0.15) is 12.4 Å². The fraction of sp³-hybridized carbons (Fsp3) is 0.292. The molecule has 0 fully saturated rings. The smallest absolute Gasteiger partial charge is 0.416 e. The lowest BCUT2D eigenvalue weighted by Crippen LogP contribution is -2.12. The number of H-pyrrole nitrogens is 1. The first kappa shape index (κ1) is 23.5. The molecule has 2 heterocycles. The molecule has 10 heteroatoms. The van der Waals surface area contributed by atoms with E-state index < -0.39 is 24.2 Å². The summed E-state index contributed by atoms with van der Waals surface area (Å²) >= 11 is 0. The lowest BCUT2D eigenvalue weighted by atomic mass is 9.89. The second-order valence-corrected chi connectivity index (χ2v) is 7.79. The van der Waals surface area contributed by atoms with Crippen LogP contribution >= 0.6 is 0 Å². The maximum absolute atomic E-state index is 13.4. The summed E-state index contributed by atoms with van der Waals surface area (Å²) in [4.78, 5) is 16.0. The average Bonchev–Trinajstić information content (AvgIpc) is 3.21. The number of benzene rings is 2. The molecule has 1 amide bonds. The number of aromatic amines is 1. The van der Waals surface area contributed by atoms with Crippen LogP contribution in [0.3, 0.4) is 0 Å². The first-order valence-corrected chi connectivity index (χ1v) is 10.6. The van der Waals surface area contributed by atoms with Crippen LogP contribution in [0, 0.1) is 5.82 Å². The Kier molecular flexibility index (Phi) is 6.67. The van der Waals surface area contributed by atoms with Gasteiger partial charge in [0.2, 0.25) is 5.91 Å². The minimum Gasteiger partial charge on any atom is -0.490 e. The Morgan fingerprint density at radius 1 is 1.12 bits per heavy atom. The molecule has 0 bridgehead atoms. The van der Waals surface area contributed by atoms with Crippen molar-refractivity contribution >= 4 is 12.1 Å². The summed E-state index contributed by atoms with van der Waals surface area (Å²) in [6.07, 6.45) is -0.822. The zero-order valence-electron chi connectivity index (χ0n) is 18.2. The molecule has 1 aliphatic rings. The molecular formula is C24H21F4N3O3. The van der Waals surface area contributed by atoms with Gasteiger partial charge in [0.05, 0.1) is 30.3 Å². The van der Waals surface area contributed by atoms with Crippen molar-refractivity contribution in [2.45, 2.75) is 38.5 Å². The number of hydrogen-bond donors (Lipinski definition) is 1. The van der Waals surface area contributed by atoms with E-state index in [1.165, 1.54) is 6.21 Å². The van der Waals surface area contributed by atoms with Crippen LogP contribution in [-0.4, -0.2) is 28.9 Å². The Labute approximate surface area is 192 Å². The molecule has 1 aromatic heterocycles. The SMILES string of the molecule is CCCOc1cc(C2CC(=O)N=Cc3[nH]ncc32)ccc1OCc1ccc(F)cc1C(F)(F)F. The van der Waals surface area contributed by atoms with Gasteiger partial charge in [-0.05, 0) is 36.2 Å². The van der Waals surface area contributed by atoms with Gasteiger partial charge in [0, 0.05) is 23.5 Å². The standard InChI is InChI=1S/C24H21F4N3O3/c1-2-7-33-22-8-14(17-10-23(32)29-12-20-18(17)11-30-31-20)4-6-21(22)34-13-15-3-5-16(25)9-19(15)24(26,27)28/h3-6,8-9,11-12,17H,2,7,10,13H2,1H3,(H,30,31). The van der Waals surface area contributed by atoms with Gasteiger partial charge >= 0.3 is 6.18 Å². The van der Waals surface area contributed by atoms with E-state index in [1.807, 2.05) is 6.92 Å². The summed E-state index contributed by atoms with van der Waals surface area (Å²) in [5.74, 6) is -1.04. The van der Waals surface area contributed by atoms with Crippen molar-refractivity contribution in [1.29, 1.82) is 0 Å². The van der Waals surface area contributed by atoms with Crippen LogP contribution in [0.4, 0.5) is 17.6 Å². The minimum absolute atomic E-state index is 0.126. The number of nitrogens with one attached hydrogen (secondary N) is 1. The number of carbonyl (C=O) groups excluding carboxylic acids is 1. The molecule has 1 atom stereocenters. The zero-order valence-corrected chi connectivity index (χ0v) is 18.2. The largest absolute Gasteiger partial charge is 0.490 e. The number of nitrogens with zero attached hydrogens (tertiary/aromatic N) is 2.